The fourth-order valence-corrected chi connectivity index (χ4v) is 5.72. The number of anilines is 1. The lowest BCUT2D eigenvalue weighted by Crippen LogP contribution is -2.38. The summed E-state index contributed by atoms with van der Waals surface area (Å²) in [7, 11) is 0. The Morgan fingerprint density at radius 1 is 1.12 bits per heavy atom. The molecule has 8 heteroatoms. The number of aryl methyl sites for hydroxylation is 1. The third kappa shape index (κ3) is 2.83. The molecule has 3 aromatic heterocycles. The van der Waals surface area contributed by atoms with E-state index in [9.17, 15) is 10.2 Å². The monoisotopic (exact) mass is 430 g/mol. The van der Waals surface area contributed by atoms with Crippen LogP contribution >= 0.6 is 0 Å². The molecule has 164 valence electrons. The maximum Gasteiger partial charge on any atom is 0.143 e. The first-order valence-corrected chi connectivity index (χ1v) is 11.0. The quantitative estimate of drug-likeness (QED) is 0.385. The van der Waals surface area contributed by atoms with E-state index in [1.54, 1.807) is 12.4 Å². The molecule has 1 saturated carbocycles. The second-order valence-corrected chi connectivity index (χ2v) is 9.31. The van der Waals surface area contributed by atoms with Crippen LogP contribution in [-0.2, 0) is 0 Å². The smallest absolute Gasteiger partial charge is 0.143 e. The van der Waals surface area contributed by atoms with Crippen molar-refractivity contribution in [2.45, 2.75) is 44.1 Å². The first-order valence-electron chi connectivity index (χ1n) is 11.0. The molecule has 32 heavy (non-hydrogen) atoms. The van der Waals surface area contributed by atoms with Crippen molar-refractivity contribution in [3.8, 4) is 0 Å². The Hall–Kier alpha value is -3.07. The summed E-state index contributed by atoms with van der Waals surface area (Å²) >= 11 is 0. The number of nitrogens with two attached hydrogens (primary N) is 1. The standard InChI is InChI=1S/C24H26N6O2/c1-13-16-6-7-30(23(16)28-12-27-13)19-10-24(22(32)21(19)31)9-18(26-11-24)15-3-2-14-4-5-20(25)29-17(14)8-15/h2-8,12,18-19,21-22,26,31-32H,9-11H2,1H3,(H2,25,29). The van der Waals surface area contributed by atoms with Crippen molar-refractivity contribution in [3.63, 3.8) is 0 Å². The SMILES string of the molecule is Cc1ncnc2c1ccn2C1CC2(CNC(c3ccc4ccc(N)nc4c3)C2)C(O)C1O. The Kier molecular flexibility index (Phi) is 4.27. The summed E-state index contributed by atoms with van der Waals surface area (Å²) in [6.45, 7) is 2.59. The summed E-state index contributed by atoms with van der Waals surface area (Å²) in [5, 5.41) is 27.8. The van der Waals surface area contributed by atoms with E-state index < -0.39 is 17.6 Å². The van der Waals surface area contributed by atoms with Gasteiger partial charge in [0.1, 0.15) is 23.9 Å². The molecular weight excluding hydrogens is 404 g/mol. The fourth-order valence-electron chi connectivity index (χ4n) is 5.72. The van der Waals surface area contributed by atoms with Gasteiger partial charge >= 0.3 is 0 Å². The molecule has 1 aromatic carbocycles. The van der Waals surface area contributed by atoms with Crippen LogP contribution < -0.4 is 11.1 Å². The van der Waals surface area contributed by atoms with E-state index in [0.29, 0.717) is 18.8 Å². The number of benzene rings is 1. The number of hydrogen-bond donors (Lipinski definition) is 4. The summed E-state index contributed by atoms with van der Waals surface area (Å²) in [5.41, 5.74) is 9.14. The molecule has 2 fully saturated rings. The molecule has 2 aliphatic rings. The Morgan fingerprint density at radius 3 is 2.84 bits per heavy atom. The second kappa shape index (κ2) is 6.96. The largest absolute Gasteiger partial charge is 0.390 e. The molecule has 1 saturated heterocycles. The molecule has 0 bridgehead atoms. The summed E-state index contributed by atoms with van der Waals surface area (Å²) < 4.78 is 2.00. The van der Waals surface area contributed by atoms with Crippen molar-refractivity contribution in [1.82, 2.24) is 24.8 Å². The summed E-state index contributed by atoms with van der Waals surface area (Å²) in [4.78, 5) is 13.2. The highest BCUT2D eigenvalue weighted by Gasteiger charge is 2.56. The Morgan fingerprint density at radius 2 is 1.97 bits per heavy atom. The third-order valence-corrected chi connectivity index (χ3v) is 7.48. The predicted molar refractivity (Wildman–Crippen MR) is 122 cm³/mol. The van der Waals surface area contributed by atoms with Crippen LogP contribution in [0.5, 0.6) is 0 Å². The normalized spacial score (nSPS) is 30.1. The maximum absolute atomic E-state index is 11.2. The summed E-state index contributed by atoms with van der Waals surface area (Å²) in [5.74, 6) is 0.501. The molecule has 4 aromatic rings. The number of nitrogen functional groups attached to an aromatic ring is 1. The molecule has 6 rings (SSSR count). The van der Waals surface area contributed by atoms with E-state index in [1.165, 1.54) is 0 Å². The Bertz CT molecular complexity index is 1340. The van der Waals surface area contributed by atoms with Gasteiger partial charge in [0, 0.05) is 35.0 Å². The van der Waals surface area contributed by atoms with Crippen LogP contribution in [0, 0.1) is 12.3 Å². The minimum absolute atomic E-state index is 0.0780. The van der Waals surface area contributed by atoms with Crippen LogP contribution in [0.2, 0.25) is 0 Å². The zero-order chi connectivity index (χ0) is 22.0. The van der Waals surface area contributed by atoms with Crippen molar-refractivity contribution >= 4 is 27.8 Å². The van der Waals surface area contributed by atoms with Crippen molar-refractivity contribution in [1.29, 1.82) is 0 Å². The molecule has 0 radical (unpaired) electrons. The highest BCUT2D eigenvalue weighted by molar-refractivity contribution is 5.81. The van der Waals surface area contributed by atoms with Crippen LogP contribution in [0.25, 0.3) is 21.9 Å². The van der Waals surface area contributed by atoms with Gasteiger partial charge in [-0.2, -0.15) is 0 Å². The molecule has 0 amide bonds. The lowest BCUT2D eigenvalue weighted by atomic mass is 9.80. The Labute approximate surface area is 185 Å². The van der Waals surface area contributed by atoms with E-state index in [2.05, 4.69) is 38.5 Å². The van der Waals surface area contributed by atoms with Gasteiger partial charge in [0.15, 0.2) is 0 Å². The zero-order valence-electron chi connectivity index (χ0n) is 17.8. The van der Waals surface area contributed by atoms with Gasteiger partial charge in [-0.25, -0.2) is 15.0 Å². The lowest BCUT2D eigenvalue weighted by molar-refractivity contribution is -0.0218. The number of aliphatic hydroxyl groups excluding tert-OH is 2. The summed E-state index contributed by atoms with van der Waals surface area (Å²) in [6.07, 6.45) is 3.23. The van der Waals surface area contributed by atoms with Gasteiger partial charge in [-0.3, -0.25) is 0 Å². The second-order valence-electron chi connectivity index (χ2n) is 9.31. The van der Waals surface area contributed by atoms with Crippen LogP contribution in [0.15, 0.2) is 48.9 Å². The van der Waals surface area contributed by atoms with Gasteiger partial charge in [0.2, 0.25) is 0 Å². The van der Waals surface area contributed by atoms with E-state index >= 15 is 0 Å². The molecular formula is C24H26N6O2. The first kappa shape index (κ1) is 19.6. The molecule has 5 unspecified atom stereocenters. The number of fused-ring (bicyclic) bond motifs is 2. The van der Waals surface area contributed by atoms with E-state index in [4.69, 9.17) is 5.73 Å². The van der Waals surface area contributed by atoms with Gasteiger partial charge < -0.3 is 25.8 Å². The molecule has 5 atom stereocenters. The van der Waals surface area contributed by atoms with Crippen molar-refractivity contribution in [2.75, 3.05) is 12.3 Å². The molecule has 8 nitrogen and oxygen atoms in total. The maximum atomic E-state index is 11.2. The number of rotatable bonds is 2. The summed E-state index contributed by atoms with van der Waals surface area (Å²) in [6, 6.07) is 11.8. The van der Waals surface area contributed by atoms with E-state index in [1.807, 2.05) is 29.8 Å². The lowest BCUT2D eigenvalue weighted by Gasteiger charge is -2.27. The van der Waals surface area contributed by atoms with Crippen LogP contribution in [0.3, 0.4) is 0 Å². The highest BCUT2D eigenvalue weighted by atomic mass is 16.3. The number of hydrogen-bond acceptors (Lipinski definition) is 7. The first-order chi connectivity index (χ1) is 15.4. The average Bonchev–Trinajstić information content (AvgIpc) is 3.47. The van der Waals surface area contributed by atoms with Gasteiger partial charge in [0.05, 0.1) is 23.4 Å². The van der Waals surface area contributed by atoms with E-state index in [0.717, 1.165) is 39.6 Å². The minimum atomic E-state index is -0.862. The number of pyridine rings is 1. The van der Waals surface area contributed by atoms with Crippen LogP contribution in [-0.4, -0.2) is 48.5 Å². The number of nitrogens with one attached hydrogen (secondary N) is 1. The van der Waals surface area contributed by atoms with Crippen molar-refractivity contribution in [2.24, 2.45) is 5.41 Å². The minimum Gasteiger partial charge on any atom is -0.390 e. The molecule has 1 aliphatic carbocycles. The molecule has 1 spiro atoms. The number of aromatic nitrogens is 4. The van der Waals surface area contributed by atoms with Crippen molar-refractivity contribution in [3.05, 3.63) is 60.2 Å². The molecule has 5 N–H and O–H groups in total. The average molecular weight is 431 g/mol. The third-order valence-electron chi connectivity index (χ3n) is 7.48. The van der Waals surface area contributed by atoms with Crippen molar-refractivity contribution < 1.29 is 10.2 Å². The van der Waals surface area contributed by atoms with Gasteiger partial charge in [-0.05, 0) is 49.6 Å². The van der Waals surface area contributed by atoms with Gasteiger partial charge in [-0.15, -0.1) is 0 Å². The number of aliphatic hydroxyl groups is 2. The number of nitrogens with zero attached hydrogens (tertiary/aromatic N) is 4. The van der Waals surface area contributed by atoms with Crippen LogP contribution in [0.4, 0.5) is 5.82 Å². The topological polar surface area (TPSA) is 122 Å². The Balaban J connectivity index is 1.31. The highest BCUT2D eigenvalue weighted by Crippen LogP contribution is 2.52. The molecule has 1 aliphatic heterocycles. The fraction of sp³-hybridized carbons (Fsp3) is 0.375. The van der Waals surface area contributed by atoms with E-state index in [-0.39, 0.29) is 12.1 Å². The zero-order valence-corrected chi connectivity index (χ0v) is 17.8. The van der Waals surface area contributed by atoms with Gasteiger partial charge in [0.25, 0.3) is 0 Å². The molecule has 4 heterocycles. The van der Waals surface area contributed by atoms with Gasteiger partial charge in [-0.1, -0.05) is 12.1 Å². The van der Waals surface area contributed by atoms with Crippen LogP contribution in [0.1, 0.15) is 36.2 Å². The predicted octanol–water partition coefficient (Wildman–Crippen LogP) is 2.26.